The molecule has 1 amide bonds. The number of benzene rings is 3. The Balaban J connectivity index is 1.54. The Morgan fingerprint density at radius 1 is 1.03 bits per heavy atom. The number of rotatable bonds is 9. The van der Waals surface area contributed by atoms with Crippen LogP contribution in [-0.2, 0) is 22.6 Å². The number of nitrogens with zero attached hydrogens (tertiary/aromatic N) is 2. The lowest BCUT2D eigenvalue weighted by molar-refractivity contribution is -0.140. The molecule has 0 bridgehead atoms. The van der Waals surface area contributed by atoms with E-state index in [-0.39, 0.29) is 12.5 Å². The van der Waals surface area contributed by atoms with Gasteiger partial charge in [-0.2, -0.15) is 0 Å². The van der Waals surface area contributed by atoms with Gasteiger partial charge >= 0.3 is 5.97 Å². The lowest BCUT2D eigenvalue weighted by Crippen LogP contribution is -2.53. The van der Waals surface area contributed by atoms with Gasteiger partial charge in [0.1, 0.15) is 24.4 Å². The van der Waals surface area contributed by atoms with Gasteiger partial charge < -0.3 is 19.6 Å². The van der Waals surface area contributed by atoms with E-state index in [2.05, 4.69) is 5.32 Å². The lowest BCUT2D eigenvalue weighted by atomic mass is 10.0. The van der Waals surface area contributed by atoms with Gasteiger partial charge in [0, 0.05) is 19.8 Å². The molecule has 0 radical (unpaired) electrons. The molecule has 1 heterocycles. The zero-order chi connectivity index (χ0) is 24.8. The summed E-state index contributed by atoms with van der Waals surface area (Å²) in [6.07, 6.45) is 0.955. The standard InChI is InChI=1S/C28H31N3O4/c1-30(2)22-15-12-21(13-16-22)18-31-25-10-6-7-11-26(25)35-19-24(27(31)32)29-23(28(33)34)17-14-20-8-4-3-5-9-20/h3-13,15-16,23-24,29H,14,17-19H2,1-2H3,(H,33,34)/t23-,24?/m0/s1. The normalized spacial score (nSPS) is 16.1. The average Bonchev–Trinajstić information content (AvgIpc) is 2.99. The molecule has 1 aliphatic heterocycles. The fraction of sp³-hybridized carbons (Fsp3) is 0.286. The molecule has 3 aromatic rings. The van der Waals surface area contributed by atoms with Gasteiger partial charge in [0.2, 0.25) is 5.91 Å². The molecule has 0 spiro atoms. The number of carbonyl (C=O) groups is 2. The van der Waals surface area contributed by atoms with E-state index in [0.717, 1.165) is 16.8 Å². The van der Waals surface area contributed by atoms with Gasteiger partial charge in [-0.15, -0.1) is 0 Å². The number of hydrogen-bond acceptors (Lipinski definition) is 5. The Hall–Kier alpha value is -3.84. The maximum Gasteiger partial charge on any atom is 0.320 e. The molecule has 1 aliphatic rings. The van der Waals surface area contributed by atoms with E-state index >= 15 is 0 Å². The van der Waals surface area contributed by atoms with E-state index in [1.165, 1.54) is 0 Å². The Morgan fingerprint density at radius 3 is 2.40 bits per heavy atom. The second-order valence-electron chi connectivity index (χ2n) is 8.90. The predicted molar refractivity (Wildman–Crippen MR) is 137 cm³/mol. The third-order valence-corrected chi connectivity index (χ3v) is 6.18. The van der Waals surface area contributed by atoms with Crippen LogP contribution in [0.2, 0.25) is 0 Å². The maximum atomic E-state index is 13.7. The van der Waals surface area contributed by atoms with Gasteiger partial charge in [0.05, 0.1) is 12.2 Å². The number of fused-ring (bicyclic) bond motifs is 1. The maximum absolute atomic E-state index is 13.7. The van der Waals surface area contributed by atoms with Crippen molar-refractivity contribution in [3.8, 4) is 5.75 Å². The number of carbonyl (C=O) groups excluding carboxylic acids is 1. The molecule has 0 aromatic heterocycles. The van der Waals surface area contributed by atoms with Crippen molar-refractivity contribution >= 4 is 23.3 Å². The summed E-state index contributed by atoms with van der Waals surface area (Å²) in [6.45, 7) is 0.411. The largest absolute Gasteiger partial charge is 0.489 e. The fourth-order valence-electron chi connectivity index (χ4n) is 4.19. The highest BCUT2D eigenvalue weighted by atomic mass is 16.5. The molecular weight excluding hydrogens is 442 g/mol. The monoisotopic (exact) mass is 473 g/mol. The molecular formula is C28H31N3O4. The molecule has 182 valence electrons. The van der Waals surface area contributed by atoms with Crippen LogP contribution in [0.5, 0.6) is 5.75 Å². The van der Waals surface area contributed by atoms with E-state index in [9.17, 15) is 14.7 Å². The smallest absolute Gasteiger partial charge is 0.320 e. The number of para-hydroxylation sites is 2. The number of carboxylic acids is 1. The first kappa shape index (κ1) is 24.3. The van der Waals surface area contributed by atoms with E-state index in [4.69, 9.17) is 4.74 Å². The zero-order valence-corrected chi connectivity index (χ0v) is 20.1. The molecule has 4 rings (SSSR count). The summed E-state index contributed by atoms with van der Waals surface area (Å²) in [7, 11) is 3.96. The summed E-state index contributed by atoms with van der Waals surface area (Å²) < 4.78 is 5.97. The van der Waals surface area contributed by atoms with Crippen LogP contribution in [-0.4, -0.2) is 49.8 Å². The molecule has 0 fully saturated rings. The fourth-order valence-corrected chi connectivity index (χ4v) is 4.19. The topological polar surface area (TPSA) is 82.1 Å². The highest BCUT2D eigenvalue weighted by Crippen LogP contribution is 2.32. The van der Waals surface area contributed by atoms with Crippen molar-refractivity contribution < 1.29 is 19.4 Å². The minimum Gasteiger partial charge on any atom is -0.489 e. The number of amides is 1. The first-order valence-electron chi connectivity index (χ1n) is 11.7. The van der Waals surface area contributed by atoms with Crippen molar-refractivity contribution in [3.63, 3.8) is 0 Å². The van der Waals surface area contributed by atoms with Gasteiger partial charge in [-0.1, -0.05) is 54.6 Å². The first-order valence-corrected chi connectivity index (χ1v) is 11.7. The molecule has 3 aromatic carbocycles. The number of carboxylic acid groups (broad SMARTS) is 1. The summed E-state index contributed by atoms with van der Waals surface area (Å²) in [6, 6.07) is 23.5. The van der Waals surface area contributed by atoms with Gasteiger partial charge in [0.25, 0.3) is 0 Å². The molecule has 0 saturated carbocycles. The third-order valence-electron chi connectivity index (χ3n) is 6.18. The molecule has 2 N–H and O–H groups in total. The molecule has 2 atom stereocenters. The van der Waals surface area contributed by atoms with Crippen LogP contribution in [0, 0.1) is 0 Å². The number of aryl methyl sites for hydroxylation is 1. The lowest BCUT2D eigenvalue weighted by Gasteiger charge is -2.27. The molecule has 0 saturated heterocycles. The van der Waals surface area contributed by atoms with Gasteiger partial charge in [-0.05, 0) is 48.2 Å². The van der Waals surface area contributed by atoms with E-state index in [0.29, 0.717) is 30.8 Å². The van der Waals surface area contributed by atoms with Crippen LogP contribution in [0.15, 0.2) is 78.9 Å². The Morgan fingerprint density at radius 2 is 1.71 bits per heavy atom. The second kappa shape index (κ2) is 11.1. The van der Waals surface area contributed by atoms with Crippen molar-refractivity contribution in [2.75, 3.05) is 30.5 Å². The molecule has 1 unspecified atom stereocenters. The van der Waals surface area contributed by atoms with Crippen LogP contribution < -0.4 is 19.9 Å². The SMILES string of the molecule is CN(C)c1ccc(CN2C(=O)C(N[C@@H](CCc3ccccc3)C(=O)O)COc3ccccc32)cc1. The average molecular weight is 474 g/mol. The summed E-state index contributed by atoms with van der Waals surface area (Å²) in [4.78, 5) is 29.4. The number of aliphatic carboxylic acids is 1. The van der Waals surface area contributed by atoms with Gasteiger partial charge in [-0.25, -0.2) is 0 Å². The zero-order valence-electron chi connectivity index (χ0n) is 20.1. The molecule has 7 nitrogen and oxygen atoms in total. The van der Waals surface area contributed by atoms with E-state index in [1.807, 2.05) is 97.9 Å². The minimum atomic E-state index is -0.985. The minimum absolute atomic E-state index is 0.0566. The van der Waals surface area contributed by atoms with Crippen molar-refractivity contribution in [1.82, 2.24) is 5.32 Å². The quantitative estimate of drug-likeness (QED) is 0.493. The molecule has 7 heteroatoms. The number of anilines is 2. The highest BCUT2D eigenvalue weighted by molar-refractivity contribution is 5.99. The van der Waals surface area contributed by atoms with E-state index in [1.54, 1.807) is 4.90 Å². The Bertz CT molecular complexity index is 1150. The van der Waals surface area contributed by atoms with E-state index < -0.39 is 18.1 Å². The summed E-state index contributed by atoms with van der Waals surface area (Å²) in [5.41, 5.74) is 3.77. The van der Waals surface area contributed by atoms with Crippen LogP contribution in [0.3, 0.4) is 0 Å². The van der Waals surface area contributed by atoms with Crippen molar-refractivity contribution in [1.29, 1.82) is 0 Å². The molecule has 0 aliphatic carbocycles. The third kappa shape index (κ3) is 6.00. The summed E-state index contributed by atoms with van der Waals surface area (Å²) >= 11 is 0. The predicted octanol–water partition coefficient (Wildman–Crippen LogP) is 3.72. The van der Waals surface area contributed by atoms with Crippen LogP contribution in [0.1, 0.15) is 17.5 Å². The van der Waals surface area contributed by atoms with Crippen LogP contribution >= 0.6 is 0 Å². The number of ether oxygens (including phenoxy) is 1. The Kier molecular flexibility index (Phi) is 7.67. The van der Waals surface area contributed by atoms with Crippen LogP contribution in [0.25, 0.3) is 0 Å². The first-order chi connectivity index (χ1) is 16.9. The van der Waals surface area contributed by atoms with Crippen molar-refractivity contribution in [2.24, 2.45) is 0 Å². The van der Waals surface area contributed by atoms with Gasteiger partial charge in [-0.3, -0.25) is 14.9 Å². The number of nitrogens with one attached hydrogen (secondary N) is 1. The van der Waals surface area contributed by atoms with Crippen molar-refractivity contribution in [3.05, 3.63) is 90.0 Å². The van der Waals surface area contributed by atoms with Crippen LogP contribution in [0.4, 0.5) is 11.4 Å². The van der Waals surface area contributed by atoms with Crippen molar-refractivity contribution in [2.45, 2.75) is 31.5 Å². The summed E-state index contributed by atoms with van der Waals surface area (Å²) in [5.74, 6) is -0.592. The highest BCUT2D eigenvalue weighted by Gasteiger charge is 2.34. The van der Waals surface area contributed by atoms with Gasteiger partial charge in [0.15, 0.2) is 0 Å². The number of hydrogen-bond donors (Lipinski definition) is 2. The second-order valence-corrected chi connectivity index (χ2v) is 8.90. The summed E-state index contributed by atoms with van der Waals surface area (Å²) in [5, 5.41) is 12.9. The Labute approximate surface area is 205 Å². The molecule has 35 heavy (non-hydrogen) atoms.